The van der Waals surface area contributed by atoms with Crippen LogP contribution in [0.25, 0.3) is 0 Å². The molecule has 3 heterocycles. The van der Waals surface area contributed by atoms with Gasteiger partial charge in [-0.05, 0) is 19.9 Å². The first-order chi connectivity index (χ1) is 11.7. The van der Waals surface area contributed by atoms with Crippen molar-refractivity contribution in [3.05, 3.63) is 30.9 Å². The van der Waals surface area contributed by atoms with Gasteiger partial charge >= 0.3 is 0 Å². The zero-order valence-electron chi connectivity index (χ0n) is 14.1. The lowest BCUT2D eigenvalue weighted by molar-refractivity contribution is -0.131. The molecule has 3 rings (SSSR count). The summed E-state index contributed by atoms with van der Waals surface area (Å²) in [4.78, 5) is 25.1. The van der Waals surface area contributed by atoms with E-state index >= 15 is 0 Å². The first-order valence-electron chi connectivity index (χ1n) is 8.27. The molecule has 1 amide bonds. The molecule has 0 unspecified atom stereocenters. The largest absolute Gasteiger partial charge is 0.371 e. The molecule has 0 saturated carbocycles. The molecule has 0 radical (unpaired) electrons. The van der Waals surface area contributed by atoms with Gasteiger partial charge in [-0.25, -0.2) is 9.97 Å². The van der Waals surface area contributed by atoms with Crippen molar-refractivity contribution in [2.75, 3.05) is 36.4 Å². The van der Waals surface area contributed by atoms with Crippen LogP contribution in [-0.2, 0) is 11.3 Å². The van der Waals surface area contributed by atoms with Crippen LogP contribution >= 0.6 is 0 Å². The maximum absolute atomic E-state index is 12.6. The summed E-state index contributed by atoms with van der Waals surface area (Å²) in [6.45, 7) is 7.58. The van der Waals surface area contributed by atoms with Gasteiger partial charge in [0, 0.05) is 51.3 Å². The first kappa shape index (κ1) is 16.2. The zero-order chi connectivity index (χ0) is 16.9. The van der Waals surface area contributed by atoms with E-state index in [0.29, 0.717) is 13.1 Å². The molecule has 1 aliphatic rings. The smallest absolute Gasteiger partial charge is 0.244 e. The van der Waals surface area contributed by atoms with Crippen molar-refractivity contribution in [3.8, 4) is 0 Å². The van der Waals surface area contributed by atoms with Gasteiger partial charge < -0.3 is 15.1 Å². The minimum absolute atomic E-state index is 0.105. The Bertz CT molecular complexity index is 664. The number of aryl methyl sites for hydroxylation is 1. The predicted molar refractivity (Wildman–Crippen MR) is 91.8 cm³/mol. The molecule has 2 aromatic rings. The SMILES string of the molecule is CCn1cc(N[C@H](C)C(=O)N2CCN(c3ncccn3)CC2)cn1. The van der Waals surface area contributed by atoms with Gasteiger partial charge in [-0.15, -0.1) is 0 Å². The van der Waals surface area contributed by atoms with E-state index in [1.165, 1.54) is 0 Å². The van der Waals surface area contributed by atoms with Gasteiger partial charge in [-0.1, -0.05) is 0 Å². The van der Waals surface area contributed by atoms with Crippen LogP contribution in [0.2, 0.25) is 0 Å². The minimum Gasteiger partial charge on any atom is -0.371 e. The molecule has 0 aromatic carbocycles. The van der Waals surface area contributed by atoms with Crippen molar-refractivity contribution < 1.29 is 4.79 Å². The summed E-state index contributed by atoms with van der Waals surface area (Å²) in [5, 5.41) is 7.44. The lowest BCUT2D eigenvalue weighted by Crippen LogP contribution is -2.52. The van der Waals surface area contributed by atoms with E-state index in [1.54, 1.807) is 24.7 Å². The highest BCUT2D eigenvalue weighted by atomic mass is 16.2. The standard InChI is InChI=1S/C16H23N7O/c1-3-23-12-14(11-19-23)20-13(2)15(24)21-7-9-22(10-8-21)16-17-5-4-6-18-16/h4-6,11-13,20H,3,7-10H2,1-2H3/t13-/m1/s1. The number of piperazine rings is 1. The predicted octanol–water partition coefficient (Wildman–Crippen LogP) is 0.842. The molecule has 8 heteroatoms. The topological polar surface area (TPSA) is 79.2 Å². The second-order valence-corrected chi connectivity index (χ2v) is 5.81. The van der Waals surface area contributed by atoms with Gasteiger partial charge in [0.2, 0.25) is 11.9 Å². The van der Waals surface area contributed by atoms with E-state index in [0.717, 1.165) is 31.3 Å². The Kier molecular flexibility index (Phi) is 4.93. The average Bonchev–Trinajstić information content (AvgIpc) is 3.09. The van der Waals surface area contributed by atoms with E-state index in [9.17, 15) is 4.79 Å². The van der Waals surface area contributed by atoms with E-state index < -0.39 is 0 Å². The number of nitrogens with one attached hydrogen (secondary N) is 1. The Morgan fingerprint density at radius 2 is 1.96 bits per heavy atom. The maximum Gasteiger partial charge on any atom is 0.244 e. The summed E-state index contributed by atoms with van der Waals surface area (Å²) in [6.07, 6.45) is 7.14. The van der Waals surface area contributed by atoms with Gasteiger partial charge in [-0.2, -0.15) is 5.10 Å². The molecule has 0 bridgehead atoms. The zero-order valence-corrected chi connectivity index (χ0v) is 14.1. The van der Waals surface area contributed by atoms with Crippen molar-refractivity contribution in [2.45, 2.75) is 26.4 Å². The van der Waals surface area contributed by atoms with Gasteiger partial charge in [0.25, 0.3) is 0 Å². The molecule has 1 fully saturated rings. The fourth-order valence-corrected chi connectivity index (χ4v) is 2.78. The van der Waals surface area contributed by atoms with Crippen LogP contribution in [0.5, 0.6) is 0 Å². The molecular formula is C16H23N7O. The first-order valence-corrected chi connectivity index (χ1v) is 8.27. The third-order valence-electron chi connectivity index (χ3n) is 4.14. The van der Waals surface area contributed by atoms with Crippen LogP contribution in [0.4, 0.5) is 11.6 Å². The molecule has 128 valence electrons. The Morgan fingerprint density at radius 1 is 1.25 bits per heavy atom. The van der Waals surface area contributed by atoms with Crippen molar-refractivity contribution in [3.63, 3.8) is 0 Å². The molecule has 1 aliphatic heterocycles. The highest BCUT2D eigenvalue weighted by Gasteiger charge is 2.25. The van der Waals surface area contributed by atoms with Crippen molar-refractivity contribution in [2.24, 2.45) is 0 Å². The van der Waals surface area contributed by atoms with Crippen LogP contribution < -0.4 is 10.2 Å². The van der Waals surface area contributed by atoms with Gasteiger partial charge in [0.05, 0.1) is 11.9 Å². The number of rotatable bonds is 5. The molecule has 0 aliphatic carbocycles. The Labute approximate surface area is 141 Å². The average molecular weight is 329 g/mol. The molecule has 1 saturated heterocycles. The number of aromatic nitrogens is 4. The Morgan fingerprint density at radius 3 is 2.58 bits per heavy atom. The fourth-order valence-electron chi connectivity index (χ4n) is 2.78. The van der Waals surface area contributed by atoms with Crippen molar-refractivity contribution in [1.82, 2.24) is 24.6 Å². The minimum atomic E-state index is -0.279. The summed E-state index contributed by atoms with van der Waals surface area (Å²) in [5.41, 5.74) is 0.869. The second-order valence-electron chi connectivity index (χ2n) is 5.81. The lowest BCUT2D eigenvalue weighted by Gasteiger charge is -2.36. The Balaban J connectivity index is 1.52. The van der Waals surface area contributed by atoms with Gasteiger partial charge in [0.15, 0.2) is 0 Å². The van der Waals surface area contributed by atoms with Crippen molar-refractivity contribution in [1.29, 1.82) is 0 Å². The molecule has 8 nitrogen and oxygen atoms in total. The third-order valence-corrected chi connectivity index (χ3v) is 4.14. The number of anilines is 2. The lowest BCUT2D eigenvalue weighted by atomic mass is 10.2. The van der Waals surface area contributed by atoms with Crippen LogP contribution in [0.15, 0.2) is 30.9 Å². The monoisotopic (exact) mass is 329 g/mol. The van der Waals surface area contributed by atoms with Crippen LogP contribution in [-0.4, -0.2) is 62.8 Å². The van der Waals surface area contributed by atoms with Crippen LogP contribution in [0.3, 0.4) is 0 Å². The van der Waals surface area contributed by atoms with E-state index in [2.05, 4.69) is 25.3 Å². The quantitative estimate of drug-likeness (QED) is 0.876. The summed E-state index contributed by atoms with van der Waals surface area (Å²) >= 11 is 0. The highest BCUT2D eigenvalue weighted by Crippen LogP contribution is 2.12. The highest BCUT2D eigenvalue weighted by molar-refractivity contribution is 5.84. The number of carbonyl (C=O) groups is 1. The van der Waals surface area contributed by atoms with Crippen molar-refractivity contribution >= 4 is 17.5 Å². The summed E-state index contributed by atoms with van der Waals surface area (Å²) in [6, 6.07) is 1.52. The molecule has 1 N–H and O–H groups in total. The van der Waals surface area contributed by atoms with Crippen LogP contribution in [0.1, 0.15) is 13.8 Å². The number of hydrogen-bond donors (Lipinski definition) is 1. The van der Waals surface area contributed by atoms with E-state index in [4.69, 9.17) is 0 Å². The molecule has 1 atom stereocenters. The molecule has 24 heavy (non-hydrogen) atoms. The molecule has 0 spiro atoms. The van der Waals surface area contributed by atoms with Gasteiger partial charge in [0.1, 0.15) is 6.04 Å². The molecular weight excluding hydrogens is 306 g/mol. The van der Waals surface area contributed by atoms with E-state index in [-0.39, 0.29) is 11.9 Å². The second kappa shape index (κ2) is 7.29. The summed E-state index contributed by atoms with van der Waals surface area (Å²) in [7, 11) is 0. The normalized spacial score (nSPS) is 16.1. The summed E-state index contributed by atoms with van der Waals surface area (Å²) in [5.74, 6) is 0.829. The fraction of sp³-hybridized carbons (Fsp3) is 0.500. The van der Waals surface area contributed by atoms with Crippen LogP contribution in [0, 0.1) is 0 Å². The molecule has 2 aromatic heterocycles. The van der Waals surface area contributed by atoms with E-state index in [1.807, 2.05) is 29.6 Å². The number of hydrogen-bond acceptors (Lipinski definition) is 6. The van der Waals surface area contributed by atoms with Gasteiger partial charge in [-0.3, -0.25) is 9.48 Å². The summed E-state index contributed by atoms with van der Waals surface area (Å²) < 4.78 is 1.83. The third kappa shape index (κ3) is 3.64. The Hall–Kier alpha value is -2.64. The maximum atomic E-state index is 12.6. The number of nitrogens with zero attached hydrogens (tertiary/aromatic N) is 6. The number of carbonyl (C=O) groups excluding carboxylic acids is 1. The number of amides is 1.